The van der Waals surface area contributed by atoms with E-state index in [1.165, 1.54) is 18.6 Å². The van der Waals surface area contributed by atoms with Gasteiger partial charge in [-0.05, 0) is 42.4 Å². The van der Waals surface area contributed by atoms with Crippen molar-refractivity contribution in [3.05, 3.63) is 52.1 Å². The number of morpholine rings is 1. The minimum atomic E-state index is -0.212. The molecule has 1 aromatic carbocycles. The average molecular weight is 370 g/mol. The summed E-state index contributed by atoms with van der Waals surface area (Å²) in [5.41, 5.74) is 0.994. The third-order valence-electron chi connectivity index (χ3n) is 5.98. The van der Waals surface area contributed by atoms with Gasteiger partial charge in [-0.15, -0.1) is 0 Å². The number of aromatic amines is 1. The molecule has 0 spiro atoms. The van der Waals surface area contributed by atoms with Gasteiger partial charge in [0.15, 0.2) is 0 Å². The van der Waals surface area contributed by atoms with Crippen molar-refractivity contribution in [3.8, 4) is 0 Å². The molecule has 0 bridgehead atoms. The van der Waals surface area contributed by atoms with Gasteiger partial charge >= 0.3 is 0 Å². The minimum absolute atomic E-state index is 0.123. The summed E-state index contributed by atoms with van der Waals surface area (Å²) >= 11 is 0. The lowest BCUT2D eigenvalue weighted by Gasteiger charge is -2.31. The molecule has 1 N–H and O–H groups in total. The highest BCUT2D eigenvalue weighted by molar-refractivity contribution is 5.47. The van der Waals surface area contributed by atoms with Crippen molar-refractivity contribution >= 4 is 11.8 Å². The molecule has 1 aromatic heterocycles. The summed E-state index contributed by atoms with van der Waals surface area (Å²) in [6.07, 6.45) is 2.07. The molecule has 3 aliphatic rings. The maximum atomic E-state index is 13.2. The summed E-state index contributed by atoms with van der Waals surface area (Å²) in [5, 5.41) is 0. The molecule has 6 nitrogen and oxygen atoms in total. The smallest absolute Gasteiger partial charge is 0.254 e. The predicted molar refractivity (Wildman–Crippen MR) is 101 cm³/mol. The maximum absolute atomic E-state index is 13.2. The Bertz CT molecular complexity index is 878. The highest BCUT2D eigenvalue weighted by atomic mass is 19.1. The molecule has 2 aliphatic heterocycles. The van der Waals surface area contributed by atoms with E-state index in [4.69, 9.17) is 9.72 Å². The van der Waals surface area contributed by atoms with E-state index in [1.807, 2.05) is 12.1 Å². The second-order valence-electron chi connectivity index (χ2n) is 7.74. The first-order chi connectivity index (χ1) is 13.2. The Kier molecular flexibility index (Phi) is 4.11. The van der Waals surface area contributed by atoms with Crippen molar-refractivity contribution in [1.82, 2.24) is 9.97 Å². The van der Waals surface area contributed by atoms with E-state index in [-0.39, 0.29) is 11.4 Å². The van der Waals surface area contributed by atoms with E-state index >= 15 is 0 Å². The number of rotatable bonds is 4. The standard InChI is InChI=1S/C20H23FN4O2/c21-15-3-1-13(2-4-15)9-17-16-10-14(16)12-25(17)20-22-18(11-19(26)23-20)24-5-7-27-8-6-24/h1-4,11,14,16-17H,5-10,12H2,(H,22,23,26)/t14-,16-,17-/m0/s1. The summed E-state index contributed by atoms with van der Waals surface area (Å²) in [6, 6.07) is 8.59. The summed E-state index contributed by atoms with van der Waals surface area (Å²) in [7, 11) is 0. The number of halogens is 1. The zero-order valence-electron chi connectivity index (χ0n) is 15.1. The molecule has 7 heteroatoms. The van der Waals surface area contributed by atoms with Gasteiger partial charge in [-0.3, -0.25) is 9.78 Å². The van der Waals surface area contributed by atoms with Crippen molar-refractivity contribution < 1.29 is 9.13 Å². The largest absolute Gasteiger partial charge is 0.378 e. The van der Waals surface area contributed by atoms with E-state index in [0.717, 1.165) is 37.4 Å². The number of aromatic nitrogens is 2. The fourth-order valence-electron chi connectivity index (χ4n) is 4.46. The molecule has 142 valence electrons. The predicted octanol–water partition coefficient (Wildman–Crippen LogP) is 1.81. The van der Waals surface area contributed by atoms with Crippen LogP contribution in [0.5, 0.6) is 0 Å². The zero-order chi connectivity index (χ0) is 18.4. The lowest BCUT2D eigenvalue weighted by Crippen LogP contribution is -2.40. The Morgan fingerprint density at radius 2 is 2.00 bits per heavy atom. The van der Waals surface area contributed by atoms with Gasteiger partial charge in [0.25, 0.3) is 5.56 Å². The van der Waals surface area contributed by atoms with E-state index < -0.39 is 0 Å². The second-order valence-corrected chi connectivity index (χ2v) is 7.74. The van der Waals surface area contributed by atoms with Gasteiger partial charge in [0.2, 0.25) is 5.95 Å². The number of fused-ring (bicyclic) bond motifs is 1. The van der Waals surface area contributed by atoms with Crippen LogP contribution in [0.3, 0.4) is 0 Å². The van der Waals surface area contributed by atoms with Crippen LogP contribution in [0.1, 0.15) is 12.0 Å². The topological polar surface area (TPSA) is 61.5 Å². The first kappa shape index (κ1) is 16.7. The zero-order valence-corrected chi connectivity index (χ0v) is 15.1. The molecule has 3 atom stereocenters. The normalized spacial score (nSPS) is 26.9. The molecule has 0 unspecified atom stereocenters. The van der Waals surface area contributed by atoms with E-state index in [1.54, 1.807) is 6.07 Å². The molecule has 5 rings (SSSR count). The molecule has 1 aliphatic carbocycles. The Labute approximate surface area is 157 Å². The van der Waals surface area contributed by atoms with Crippen molar-refractivity contribution in [2.24, 2.45) is 11.8 Å². The van der Waals surface area contributed by atoms with Gasteiger partial charge in [-0.1, -0.05) is 12.1 Å². The van der Waals surface area contributed by atoms with Crippen molar-refractivity contribution in [1.29, 1.82) is 0 Å². The number of nitrogens with one attached hydrogen (secondary N) is 1. The molecule has 3 heterocycles. The number of anilines is 2. The molecule has 0 radical (unpaired) electrons. The van der Waals surface area contributed by atoms with Gasteiger partial charge in [0.1, 0.15) is 11.6 Å². The molecular weight excluding hydrogens is 347 g/mol. The molecular formula is C20H23FN4O2. The Hall–Kier alpha value is -2.41. The van der Waals surface area contributed by atoms with Crippen molar-refractivity contribution in [3.63, 3.8) is 0 Å². The van der Waals surface area contributed by atoms with Gasteiger partial charge in [0.05, 0.1) is 13.2 Å². The number of hydrogen-bond acceptors (Lipinski definition) is 5. The number of nitrogens with zero attached hydrogens (tertiary/aromatic N) is 3. The van der Waals surface area contributed by atoms with Crippen LogP contribution in [-0.2, 0) is 11.2 Å². The summed E-state index contributed by atoms with van der Waals surface area (Å²) in [6.45, 7) is 3.74. The first-order valence-electron chi connectivity index (χ1n) is 9.62. The highest BCUT2D eigenvalue weighted by Gasteiger charge is 2.52. The van der Waals surface area contributed by atoms with Crippen LogP contribution in [0.25, 0.3) is 0 Å². The van der Waals surface area contributed by atoms with Crippen LogP contribution in [0.4, 0.5) is 16.2 Å². The Balaban J connectivity index is 1.41. The Morgan fingerprint density at radius 1 is 1.22 bits per heavy atom. The highest BCUT2D eigenvalue weighted by Crippen LogP contribution is 2.51. The number of piperidine rings is 1. The minimum Gasteiger partial charge on any atom is -0.378 e. The van der Waals surface area contributed by atoms with Gasteiger partial charge in [-0.25, -0.2) is 4.39 Å². The van der Waals surface area contributed by atoms with Crippen molar-refractivity contribution in [2.45, 2.75) is 18.9 Å². The van der Waals surface area contributed by atoms with Crippen LogP contribution in [0, 0.1) is 17.7 Å². The number of benzene rings is 1. The quantitative estimate of drug-likeness (QED) is 0.890. The lowest BCUT2D eigenvalue weighted by atomic mass is 10.0. The van der Waals surface area contributed by atoms with Crippen LogP contribution >= 0.6 is 0 Å². The van der Waals surface area contributed by atoms with Crippen LogP contribution in [-0.4, -0.2) is 48.9 Å². The number of ether oxygens (including phenoxy) is 1. The molecule has 3 fully saturated rings. The van der Waals surface area contributed by atoms with Gasteiger partial charge in [0, 0.05) is 31.7 Å². The SMILES string of the molecule is O=c1cc(N2CCOCC2)nc(N2C[C@@H]3C[C@@H]3[C@@H]2Cc2ccc(F)cc2)[nH]1. The van der Waals surface area contributed by atoms with E-state index in [9.17, 15) is 9.18 Å². The van der Waals surface area contributed by atoms with Crippen LogP contribution < -0.4 is 15.4 Å². The van der Waals surface area contributed by atoms with Crippen LogP contribution in [0.15, 0.2) is 35.1 Å². The molecule has 2 saturated heterocycles. The second kappa shape index (κ2) is 6.64. The molecule has 1 saturated carbocycles. The molecule has 27 heavy (non-hydrogen) atoms. The van der Waals surface area contributed by atoms with Crippen LogP contribution in [0.2, 0.25) is 0 Å². The van der Waals surface area contributed by atoms with Gasteiger partial charge in [-0.2, -0.15) is 4.98 Å². The lowest BCUT2D eigenvalue weighted by molar-refractivity contribution is 0.122. The van der Waals surface area contributed by atoms with Crippen molar-refractivity contribution in [2.75, 3.05) is 42.6 Å². The first-order valence-corrected chi connectivity index (χ1v) is 9.62. The monoisotopic (exact) mass is 370 g/mol. The number of hydrogen-bond donors (Lipinski definition) is 1. The van der Waals surface area contributed by atoms with E-state index in [2.05, 4.69) is 14.8 Å². The third kappa shape index (κ3) is 3.32. The Morgan fingerprint density at radius 3 is 2.78 bits per heavy atom. The molecule has 2 aromatic rings. The summed E-state index contributed by atoms with van der Waals surface area (Å²) in [5.74, 6) is 2.47. The fourth-order valence-corrected chi connectivity index (χ4v) is 4.46. The van der Waals surface area contributed by atoms with E-state index in [0.29, 0.717) is 37.0 Å². The van der Waals surface area contributed by atoms with Gasteiger partial charge < -0.3 is 14.5 Å². The maximum Gasteiger partial charge on any atom is 0.254 e. The average Bonchev–Trinajstić information content (AvgIpc) is 3.38. The number of H-pyrrole nitrogens is 1. The molecule has 0 amide bonds. The summed E-state index contributed by atoms with van der Waals surface area (Å²) < 4.78 is 18.6. The fraction of sp³-hybridized carbons (Fsp3) is 0.500. The third-order valence-corrected chi connectivity index (χ3v) is 5.98. The summed E-state index contributed by atoms with van der Waals surface area (Å²) in [4.78, 5) is 24.3.